The molecular weight excluding hydrogens is 670 g/mol. The molecule has 2 bridgehead atoms. The minimum atomic E-state index is -4.01. The second-order valence-electron chi connectivity index (χ2n) is 14.5. The normalized spacial score (nSPS) is 26.0. The number of fused-ring (bicyclic) bond motifs is 3. The summed E-state index contributed by atoms with van der Waals surface area (Å²) in [4.78, 5) is 16.7. The predicted octanol–water partition coefficient (Wildman–Crippen LogP) is 7.56. The van der Waals surface area contributed by atoms with Crippen molar-refractivity contribution >= 4 is 38.3 Å². The highest BCUT2D eigenvalue weighted by Gasteiger charge is 2.49. The number of sulfonamides is 1. The number of benzene rings is 4. The van der Waals surface area contributed by atoms with Crippen LogP contribution < -0.4 is 15.2 Å². The topological polar surface area (TPSA) is 102 Å². The molecule has 3 aliphatic heterocycles. The van der Waals surface area contributed by atoms with Gasteiger partial charge < -0.3 is 20.1 Å². The first-order chi connectivity index (χ1) is 24.2. The molecule has 4 fully saturated rings. The van der Waals surface area contributed by atoms with Crippen molar-refractivity contribution in [2.24, 2.45) is 5.73 Å². The number of hydrogen-bond donors (Lipinski definition) is 1. The van der Waals surface area contributed by atoms with Crippen LogP contribution in [0.5, 0.6) is 11.5 Å². The molecule has 4 aliphatic rings. The van der Waals surface area contributed by atoms with Crippen LogP contribution in [-0.4, -0.2) is 66.5 Å². The molecule has 3 saturated heterocycles. The fourth-order valence-electron chi connectivity index (χ4n) is 8.61. The summed E-state index contributed by atoms with van der Waals surface area (Å²) in [5.41, 5.74) is 8.43. The van der Waals surface area contributed by atoms with Crippen molar-refractivity contribution in [3.05, 3.63) is 90.0 Å². The molecule has 2 unspecified atom stereocenters. The number of halogens is 1. The maximum absolute atomic E-state index is 14.5. The van der Waals surface area contributed by atoms with E-state index in [0.29, 0.717) is 17.2 Å². The number of carbonyl (C=O) groups is 1. The molecule has 2 N–H and O–H groups in total. The average molecular weight is 714 g/mol. The summed E-state index contributed by atoms with van der Waals surface area (Å²) in [6.07, 6.45) is 8.49. The first kappa shape index (κ1) is 33.5. The molecule has 8 nitrogen and oxygen atoms in total. The van der Waals surface area contributed by atoms with Gasteiger partial charge in [0.15, 0.2) is 0 Å². The minimum absolute atomic E-state index is 0.0452. The zero-order valence-electron chi connectivity index (χ0n) is 28.1. The van der Waals surface area contributed by atoms with Crippen molar-refractivity contribution in [3.8, 4) is 22.6 Å². The lowest BCUT2D eigenvalue weighted by atomic mass is 9.94. The van der Waals surface area contributed by atoms with E-state index in [1.165, 1.54) is 17.1 Å². The van der Waals surface area contributed by atoms with Crippen LogP contribution in [0, 0.1) is 0 Å². The minimum Gasteiger partial charge on any atom is -0.490 e. The van der Waals surface area contributed by atoms with Crippen LogP contribution in [0.15, 0.2) is 89.8 Å². The van der Waals surface area contributed by atoms with Gasteiger partial charge in [0.1, 0.15) is 23.6 Å². The Bertz CT molecular complexity index is 1950. The Morgan fingerprint density at radius 3 is 2.00 bits per heavy atom. The largest absolute Gasteiger partial charge is 0.490 e. The summed E-state index contributed by atoms with van der Waals surface area (Å²) in [5, 5.41) is 2.42. The number of amides is 1. The van der Waals surface area contributed by atoms with Gasteiger partial charge in [-0.05, 0) is 128 Å². The molecule has 4 atom stereocenters. The Kier molecular flexibility index (Phi) is 9.27. The van der Waals surface area contributed by atoms with E-state index in [2.05, 4.69) is 0 Å². The Morgan fingerprint density at radius 2 is 1.30 bits per heavy atom. The molecule has 10 heteroatoms. The van der Waals surface area contributed by atoms with Gasteiger partial charge in [-0.3, -0.25) is 4.79 Å². The molecule has 4 aromatic carbocycles. The monoisotopic (exact) mass is 713 g/mol. The standard InChI is InChI=1S/C40H44ClN3O5S/c41-30-11-5-26(6-12-30)27-7-15-35(16-8-27)49-37-19-20-43(39(25-37)40(45)44-32-13-14-33(44)24-31(42)23-32)50(46,47)38-18-10-28-21-36(17-9-29(28)22-38)48-34-3-1-2-4-34/h5-12,15-18,21-22,31-34,37,39H,1-4,13-14,19-20,23-25,42H2/t31?,32?,33?,37-,39-/m0/s1. The van der Waals surface area contributed by atoms with Gasteiger partial charge in [-0.2, -0.15) is 4.31 Å². The zero-order valence-corrected chi connectivity index (χ0v) is 29.7. The molecule has 8 rings (SSSR count). The highest BCUT2D eigenvalue weighted by molar-refractivity contribution is 7.89. The number of carbonyl (C=O) groups excluding carboxylic acids is 1. The maximum atomic E-state index is 14.5. The quantitative estimate of drug-likeness (QED) is 0.202. The van der Waals surface area contributed by atoms with E-state index in [0.717, 1.165) is 66.2 Å². The average Bonchev–Trinajstić information content (AvgIpc) is 3.73. The van der Waals surface area contributed by atoms with Crippen LogP contribution >= 0.6 is 11.6 Å². The molecular formula is C40H44ClN3O5S. The Balaban J connectivity index is 1.04. The van der Waals surface area contributed by atoms with Crippen molar-refractivity contribution in [1.29, 1.82) is 0 Å². The van der Waals surface area contributed by atoms with E-state index in [1.807, 2.05) is 77.7 Å². The first-order valence-electron chi connectivity index (χ1n) is 18.0. The highest BCUT2D eigenvalue weighted by Crippen LogP contribution is 2.39. The summed E-state index contributed by atoms with van der Waals surface area (Å²) in [5.74, 6) is 1.36. The fourth-order valence-corrected chi connectivity index (χ4v) is 10.4. The van der Waals surface area contributed by atoms with Crippen molar-refractivity contribution in [1.82, 2.24) is 9.21 Å². The van der Waals surface area contributed by atoms with Gasteiger partial charge in [0.2, 0.25) is 15.9 Å². The second-order valence-corrected chi connectivity index (χ2v) is 16.8. The molecule has 4 aromatic rings. The van der Waals surface area contributed by atoms with Gasteiger partial charge in [0.05, 0.1) is 11.0 Å². The lowest BCUT2D eigenvalue weighted by Crippen LogP contribution is -2.60. The fraction of sp³-hybridized carbons (Fsp3) is 0.425. The van der Waals surface area contributed by atoms with E-state index in [4.69, 9.17) is 26.8 Å². The summed E-state index contributed by atoms with van der Waals surface area (Å²) in [7, 11) is -4.01. The van der Waals surface area contributed by atoms with Crippen LogP contribution in [0.1, 0.15) is 64.2 Å². The van der Waals surface area contributed by atoms with Gasteiger partial charge in [0.25, 0.3) is 0 Å². The van der Waals surface area contributed by atoms with Crippen LogP contribution in [0.4, 0.5) is 0 Å². The maximum Gasteiger partial charge on any atom is 0.243 e. The van der Waals surface area contributed by atoms with Gasteiger partial charge in [0, 0.05) is 36.1 Å². The number of nitrogens with two attached hydrogens (primary N) is 1. The number of piperidine rings is 2. The third-order valence-electron chi connectivity index (χ3n) is 11.1. The molecule has 1 amide bonds. The zero-order chi connectivity index (χ0) is 34.4. The third-order valence-corrected chi connectivity index (χ3v) is 13.3. The molecule has 1 saturated carbocycles. The SMILES string of the molecule is NC1CC2CCC(C1)N2C(=O)[C@@H]1C[C@@H](Oc2ccc(-c3ccc(Cl)cc3)cc2)CCN1S(=O)(=O)c1ccc2cc(OC3CCCC3)ccc2c1. The molecule has 0 aromatic heterocycles. The molecule has 3 heterocycles. The smallest absolute Gasteiger partial charge is 0.243 e. The van der Waals surface area contributed by atoms with E-state index >= 15 is 0 Å². The predicted molar refractivity (Wildman–Crippen MR) is 196 cm³/mol. The van der Waals surface area contributed by atoms with Gasteiger partial charge in [-0.15, -0.1) is 0 Å². The van der Waals surface area contributed by atoms with Crippen molar-refractivity contribution in [2.75, 3.05) is 6.54 Å². The van der Waals surface area contributed by atoms with E-state index in [9.17, 15) is 13.2 Å². The summed E-state index contributed by atoms with van der Waals surface area (Å²) < 4.78 is 43.0. The molecule has 0 spiro atoms. The second kappa shape index (κ2) is 13.8. The Labute approximate surface area is 299 Å². The molecule has 1 aliphatic carbocycles. The number of rotatable bonds is 8. The van der Waals surface area contributed by atoms with E-state index in [1.54, 1.807) is 12.1 Å². The molecule has 50 heavy (non-hydrogen) atoms. The van der Waals surface area contributed by atoms with Crippen molar-refractivity contribution in [3.63, 3.8) is 0 Å². The highest BCUT2D eigenvalue weighted by atomic mass is 35.5. The number of nitrogens with zero attached hydrogens (tertiary/aromatic N) is 2. The van der Waals surface area contributed by atoms with Crippen LogP contribution in [-0.2, 0) is 14.8 Å². The van der Waals surface area contributed by atoms with Gasteiger partial charge in [-0.25, -0.2) is 8.42 Å². The summed E-state index contributed by atoms with van der Waals surface area (Å²) in [6.45, 7) is 0.182. The van der Waals surface area contributed by atoms with Gasteiger partial charge >= 0.3 is 0 Å². The van der Waals surface area contributed by atoms with E-state index < -0.39 is 16.1 Å². The number of hydrogen-bond acceptors (Lipinski definition) is 6. The Morgan fingerprint density at radius 1 is 0.700 bits per heavy atom. The van der Waals surface area contributed by atoms with Crippen molar-refractivity contribution in [2.45, 2.75) is 105 Å². The lowest BCUT2D eigenvalue weighted by molar-refractivity contribution is -0.142. The lowest BCUT2D eigenvalue weighted by Gasteiger charge is -2.44. The van der Waals surface area contributed by atoms with Crippen LogP contribution in [0.2, 0.25) is 5.02 Å². The van der Waals surface area contributed by atoms with Crippen LogP contribution in [0.25, 0.3) is 21.9 Å². The summed E-state index contributed by atoms with van der Waals surface area (Å²) in [6, 6.07) is 25.9. The third kappa shape index (κ3) is 6.73. The molecule has 0 radical (unpaired) electrons. The summed E-state index contributed by atoms with van der Waals surface area (Å²) >= 11 is 6.07. The van der Waals surface area contributed by atoms with Gasteiger partial charge in [-0.1, -0.05) is 48.0 Å². The van der Waals surface area contributed by atoms with Crippen LogP contribution in [0.3, 0.4) is 0 Å². The Hall–Kier alpha value is -3.63. The van der Waals surface area contributed by atoms with Crippen molar-refractivity contribution < 1.29 is 22.7 Å². The van der Waals surface area contributed by atoms with E-state index in [-0.39, 0.29) is 54.1 Å². The number of ether oxygens (including phenoxy) is 2. The molecule has 262 valence electrons. The first-order valence-corrected chi connectivity index (χ1v) is 19.9.